The number of aromatic amines is 1. The van der Waals surface area contributed by atoms with E-state index in [1.54, 1.807) is 0 Å². The second kappa shape index (κ2) is 4.40. The van der Waals surface area contributed by atoms with Crippen molar-refractivity contribution in [2.24, 2.45) is 5.92 Å². The van der Waals surface area contributed by atoms with Crippen molar-refractivity contribution in [3.05, 3.63) is 24.4 Å². The van der Waals surface area contributed by atoms with E-state index in [1.807, 2.05) is 18.3 Å². The largest absolute Gasteiger partial charge is 0.490 e. The summed E-state index contributed by atoms with van der Waals surface area (Å²) in [6.07, 6.45) is 7.34. The average Bonchev–Trinajstić information content (AvgIpc) is 2.79. The fourth-order valence-electron chi connectivity index (χ4n) is 2.63. The monoisotopic (exact) mass is 230 g/mol. The van der Waals surface area contributed by atoms with Gasteiger partial charge in [-0.2, -0.15) is 5.10 Å². The summed E-state index contributed by atoms with van der Waals surface area (Å²) >= 11 is 0. The summed E-state index contributed by atoms with van der Waals surface area (Å²) in [7, 11) is 0. The van der Waals surface area contributed by atoms with Crippen LogP contribution in [0.25, 0.3) is 10.9 Å². The summed E-state index contributed by atoms with van der Waals surface area (Å²) in [5.74, 6) is 1.64. The highest BCUT2D eigenvalue weighted by molar-refractivity contribution is 5.79. The van der Waals surface area contributed by atoms with E-state index >= 15 is 0 Å². The first-order valence-corrected chi connectivity index (χ1v) is 6.43. The van der Waals surface area contributed by atoms with Gasteiger partial charge >= 0.3 is 0 Å². The topological polar surface area (TPSA) is 37.9 Å². The summed E-state index contributed by atoms with van der Waals surface area (Å²) in [4.78, 5) is 0. The molecule has 0 amide bonds. The highest BCUT2D eigenvalue weighted by atomic mass is 16.5. The van der Waals surface area contributed by atoms with Gasteiger partial charge in [0.15, 0.2) is 0 Å². The Morgan fingerprint density at radius 1 is 1.29 bits per heavy atom. The minimum Gasteiger partial charge on any atom is -0.490 e. The van der Waals surface area contributed by atoms with E-state index in [0.717, 1.165) is 16.7 Å². The lowest BCUT2D eigenvalue weighted by Gasteiger charge is -2.29. The standard InChI is InChI=1S/C14H18N2O/c1-10-4-2-3-5-14(10)17-12-6-7-13-11(8-12)9-15-16-13/h6-10,14H,2-5H2,1H3,(H,15,16)/t10-,14-/m1/s1. The van der Waals surface area contributed by atoms with Gasteiger partial charge in [0, 0.05) is 5.39 Å². The van der Waals surface area contributed by atoms with Crippen molar-refractivity contribution in [2.75, 3.05) is 0 Å². The smallest absolute Gasteiger partial charge is 0.120 e. The fourth-order valence-corrected chi connectivity index (χ4v) is 2.63. The Hall–Kier alpha value is -1.51. The molecule has 1 N–H and O–H groups in total. The molecule has 3 rings (SSSR count). The van der Waals surface area contributed by atoms with E-state index in [-0.39, 0.29) is 0 Å². The van der Waals surface area contributed by atoms with Gasteiger partial charge in [0.05, 0.1) is 11.7 Å². The molecule has 17 heavy (non-hydrogen) atoms. The van der Waals surface area contributed by atoms with Crippen molar-refractivity contribution in [1.29, 1.82) is 0 Å². The Morgan fingerprint density at radius 3 is 3.06 bits per heavy atom. The van der Waals surface area contributed by atoms with Gasteiger partial charge in [-0.05, 0) is 43.4 Å². The molecule has 3 heteroatoms. The molecular formula is C14H18N2O. The SMILES string of the molecule is C[C@@H]1CCCC[C@H]1Oc1ccc2[nH]ncc2c1. The lowest BCUT2D eigenvalue weighted by molar-refractivity contribution is 0.103. The van der Waals surface area contributed by atoms with E-state index in [9.17, 15) is 0 Å². The quantitative estimate of drug-likeness (QED) is 0.857. The third kappa shape index (κ3) is 2.14. The summed E-state index contributed by atoms with van der Waals surface area (Å²) in [6.45, 7) is 2.29. The van der Waals surface area contributed by atoms with Crippen LogP contribution >= 0.6 is 0 Å². The number of hydrogen-bond acceptors (Lipinski definition) is 2. The van der Waals surface area contributed by atoms with E-state index in [1.165, 1.54) is 25.7 Å². The minimum absolute atomic E-state index is 0.383. The van der Waals surface area contributed by atoms with E-state index in [2.05, 4.69) is 23.2 Å². The minimum atomic E-state index is 0.383. The van der Waals surface area contributed by atoms with Crippen LogP contribution < -0.4 is 4.74 Å². The van der Waals surface area contributed by atoms with Crippen molar-refractivity contribution >= 4 is 10.9 Å². The molecule has 0 spiro atoms. The van der Waals surface area contributed by atoms with E-state index < -0.39 is 0 Å². The van der Waals surface area contributed by atoms with Gasteiger partial charge in [0.25, 0.3) is 0 Å². The summed E-state index contributed by atoms with van der Waals surface area (Å²) in [6, 6.07) is 6.13. The van der Waals surface area contributed by atoms with Crippen LogP contribution in [0.1, 0.15) is 32.6 Å². The Labute approximate surface area is 101 Å². The molecule has 1 aromatic carbocycles. The third-order valence-corrected chi connectivity index (χ3v) is 3.73. The van der Waals surface area contributed by atoms with Crippen molar-refractivity contribution < 1.29 is 4.74 Å². The van der Waals surface area contributed by atoms with Gasteiger partial charge in [0.1, 0.15) is 11.9 Å². The van der Waals surface area contributed by atoms with Crippen molar-refractivity contribution in [3.63, 3.8) is 0 Å². The number of benzene rings is 1. The number of nitrogens with zero attached hydrogens (tertiary/aromatic N) is 1. The molecule has 0 aliphatic heterocycles. The highest BCUT2D eigenvalue weighted by Gasteiger charge is 2.22. The highest BCUT2D eigenvalue weighted by Crippen LogP contribution is 2.29. The molecule has 1 aliphatic carbocycles. The Kier molecular flexibility index (Phi) is 2.75. The Morgan fingerprint density at radius 2 is 2.18 bits per heavy atom. The van der Waals surface area contributed by atoms with E-state index in [0.29, 0.717) is 12.0 Å². The Balaban J connectivity index is 1.79. The molecular weight excluding hydrogens is 212 g/mol. The molecule has 0 unspecified atom stereocenters. The zero-order valence-corrected chi connectivity index (χ0v) is 10.1. The van der Waals surface area contributed by atoms with Crippen LogP contribution in [-0.2, 0) is 0 Å². The van der Waals surface area contributed by atoms with Crippen molar-refractivity contribution in [2.45, 2.75) is 38.7 Å². The number of hydrogen-bond donors (Lipinski definition) is 1. The van der Waals surface area contributed by atoms with Crippen LogP contribution in [0.15, 0.2) is 24.4 Å². The predicted octanol–water partition coefficient (Wildman–Crippen LogP) is 3.52. The summed E-state index contributed by atoms with van der Waals surface area (Å²) < 4.78 is 6.10. The van der Waals surface area contributed by atoms with Gasteiger partial charge in [-0.1, -0.05) is 13.3 Å². The lowest BCUT2D eigenvalue weighted by atomic mass is 9.88. The normalized spacial score (nSPS) is 25.0. The second-order valence-electron chi connectivity index (χ2n) is 5.04. The van der Waals surface area contributed by atoms with Crippen LogP contribution in [0, 0.1) is 5.92 Å². The summed E-state index contributed by atoms with van der Waals surface area (Å²) in [5.41, 5.74) is 1.06. The molecule has 3 nitrogen and oxygen atoms in total. The van der Waals surface area contributed by atoms with Gasteiger partial charge in [-0.3, -0.25) is 5.10 Å². The second-order valence-corrected chi connectivity index (χ2v) is 5.04. The molecule has 0 bridgehead atoms. The first-order valence-electron chi connectivity index (χ1n) is 6.43. The summed E-state index contributed by atoms with van der Waals surface area (Å²) in [5, 5.41) is 8.09. The van der Waals surface area contributed by atoms with E-state index in [4.69, 9.17) is 4.74 Å². The predicted molar refractivity (Wildman–Crippen MR) is 68.1 cm³/mol. The van der Waals surface area contributed by atoms with Gasteiger partial charge in [0.2, 0.25) is 0 Å². The molecule has 0 saturated heterocycles. The first-order chi connectivity index (χ1) is 8.33. The number of fused-ring (bicyclic) bond motifs is 1. The molecule has 2 aromatic rings. The maximum absolute atomic E-state index is 6.10. The number of nitrogens with one attached hydrogen (secondary N) is 1. The molecule has 1 aromatic heterocycles. The number of rotatable bonds is 2. The van der Waals surface area contributed by atoms with Gasteiger partial charge < -0.3 is 4.74 Å². The molecule has 0 radical (unpaired) electrons. The van der Waals surface area contributed by atoms with Crippen LogP contribution in [0.2, 0.25) is 0 Å². The molecule has 1 saturated carbocycles. The molecule has 1 aliphatic rings. The van der Waals surface area contributed by atoms with Crippen molar-refractivity contribution in [3.8, 4) is 5.75 Å². The number of aromatic nitrogens is 2. The van der Waals surface area contributed by atoms with Crippen molar-refractivity contribution in [1.82, 2.24) is 10.2 Å². The third-order valence-electron chi connectivity index (χ3n) is 3.73. The molecule has 1 fully saturated rings. The maximum atomic E-state index is 6.10. The average molecular weight is 230 g/mol. The zero-order chi connectivity index (χ0) is 11.7. The molecule has 90 valence electrons. The zero-order valence-electron chi connectivity index (χ0n) is 10.1. The molecule has 1 heterocycles. The number of ether oxygens (including phenoxy) is 1. The van der Waals surface area contributed by atoms with Crippen LogP contribution in [0.5, 0.6) is 5.75 Å². The van der Waals surface area contributed by atoms with Gasteiger partial charge in [-0.25, -0.2) is 0 Å². The van der Waals surface area contributed by atoms with Gasteiger partial charge in [-0.15, -0.1) is 0 Å². The van der Waals surface area contributed by atoms with Crippen LogP contribution in [0.4, 0.5) is 0 Å². The Bertz CT molecular complexity index is 506. The lowest BCUT2D eigenvalue weighted by Crippen LogP contribution is -2.28. The number of H-pyrrole nitrogens is 1. The molecule has 2 atom stereocenters. The van der Waals surface area contributed by atoms with Crippen LogP contribution in [-0.4, -0.2) is 16.3 Å². The maximum Gasteiger partial charge on any atom is 0.120 e. The fraction of sp³-hybridized carbons (Fsp3) is 0.500. The van der Waals surface area contributed by atoms with Crippen LogP contribution in [0.3, 0.4) is 0 Å². The first kappa shape index (κ1) is 10.6.